The van der Waals surface area contributed by atoms with Gasteiger partial charge >= 0.3 is 0 Å². The highest BCUT2D eigenvalue weighted by atomic mass is 15.3. The molecule has 10 heteroatoms. The van der Waals surface area contributed by atoms with Crippen LogP contribution in [0.25, 0.3) is 34.7 Å². The summed E-state index contributed by atoms with van der Waals surface area (Å²) in [5, 5.41) is 48.2. The summed E-state index contributed by atoms with van der Waals surface area (Å²) in [4.78, 5) is 0. The first-order valence-corrected chi connectivity index (χ1v) is 12.5. The maximum atomic E-state index is 9.91. The summed E-state index contributed by atoms with van der Waals surface area (Å²) < 4.78 is 2.86. The molecule has 0 bridgehead atoms. The Labute approximate surface area is 241 Å². The maximum absolute atomic E-state index is 9.91. The predicted octanol–water partition coefficient (Wildman–Crippen LogP) is 5.09. The van der Waals surface area contributed by atoms with Crippen LogP contribution in [-0.2, 0) is 0 Å². The van der Waals surface area contributed by atoms with Crippen molar-refractivity contribution in [2.24, 2.45) is 0 Å². The normalized spacial score (nSPS) is 11.2. The Morgan fingerprint density at radius 3 is 1.24 bits per heavy atom. The topological polar surface area (TPSA) is 183 Å². The molecule has 2 heterocycles. The van der Waals surface area contributed by atoms with Gasteiger partial charge < -0.3 is 11.5 Å². The van der Waals surface area contributed by atoms with Crippen LogP contribution in [0.5, 0.6) is 0 Å². The van der Waals surface area contributed by atoms with Crippen LogP contribution in [0.1, 0.15) is 33.6 Å². The fraction of sp³-hybridized carbons (Fsp3) is 0. The zero-order chi connectivity index (χ0) is 29.6. The van der Waals surface area contributed by atoms with E-state index >= 15 is 0 Å². The number of allylic oxidation sites excluding steroid dienone is 2. The second kappa shape index (κ2) is 11.5. The van der Waals surface area contributed by atoms with E-state index in [1.54, 1.807) is 60.7 Å². The predicted molar refractivity (Wildman–Crippen MR) is 159 cm³/mol. The number of nitrogen functional groups attached to an aromatic ring is 2. The van der Waals surface area contributed by atoms with Crippen LogP contribution < -0.4 is 11.5 Å². The molecule has 2 aromatic heterocycles. The van der Waals surface area contributed by atoms with E-state index in [4.69, 9.17) is 11.5 Å². The molecule has 0 atom stereocenters. The Balaban J connectivity index is 1.48. The summed E-state index contributed by atoms with van der Waals surface area (Å²) in [6.07, 6.45) is 3.21. The molecule has 0 aliphatic rings. The lowest BCUT2D eigenvalue weighted by molar-refractivity contribution is 0.885. The zero-order valence-electron chi connectivity index (χ0n) is 22.0. The molecule has 0 fully saturated rings. The SMILES string of the molecule is N#C/C(=C\c1ccc(/C=C(\C#N)c2nn(-c3ccccc3)c(N)c2C#N)cc1)c1nn(-c2ccccc2)c(N)c1C#N. The fourth-order valence-electron chi connectivity index (χ4n) is 4.32. The van der Waals surface area contributed by atoms with Gasteiger partial charge in [-0.05, 0) is 47.5 Å². The molecule has 3 aromatic carbocycles. The molecular formula is C32H20N10. The highest BCUT2D eigenvalue weighted by molar-refractivity contribution is 5.93. The van der Waals surface area contributed by atoms with Crippen molar-refractivity contribution in [3.05, 3.63) is 119 Å². The van der Waals surface area contributed by atoms with Gasteiger partial charge in [-0.25, -0.2) is 9.36 Å². The first-order valence-electron chi connectivity index (χ1n) is 12.5. The Bertz CT molecular complexity index is 1870. The van der Waals surface area contributed by atoms with Crippen molar-refractivity contribution in [2.75, 3.05) is 11.5 Å². The third-order valence-electron chi connectivity index (χ3n) is 6.38. The molecule has 198 valence electrons. The standard InChI is InChI=1S/C32H20N10/c33-17-23(29-27(19-35)31(37)41(39-29)25-7-3-1-4-8-25)15-21-11-13-22(14-12-21)16-24(18-34)30-28(20-36)32(38)42(40-30)26-9-5-2-6-10-26/h1-16H,37-38H2/b23-15+,24-16+. The minimum atomic E-state index is 0.104. The molecule has 0 aliphatic carbocycles. The van der Waals surface area contributed by atoms with E-state index < -0.39 is 0 Å². The minimum Gasteiger partial charge on any atom is -0.382 e. The van der Waals surface area contributed by atoms with Crippen molar-refractivity contribution in [2.45, 2.75) is 0 Å². The van der Waals surface area contributed by atoms with E-state index in [0.29, 0.717) is 22.5 Å². The fourth-order valence-corrected chi connectivity index (χ4v) is 4.32. The van der Waals surface area contributed by atoms with Gasteiger partial charge in [0.15, 0.2) is 0 Å². The molecule has 0 saturated heterocycles. The zero-order valence-corrected chi connectivity index (χ0v) is 22.0. The number of nitrogens with two attached hydrogens (primary N) is 2. The van der Waals surface area contributed by atoms with Gasteiger partial charge in [-0.1, -0.05) is 60.7 Å². The van der Waals surface area contributed by atoms with Crippen molar-refractivity contribution in [3.63, 3.8) is 0 Å². The minimum absolute atomic E-state index is 0.104. The van der Waals surface area contributed by atoms with Crippen LogP contribution in [0.15, 0.2) is 84.9 Å². The lowest BCUT2D eigenvalue weighted by atomic mass is 10.0. The molecular weight excluding hydrogens is 524 g/mol. The Kier molecular flexibility index (Phi) is 7.30. The summed E-state index contributed by atoms with van der Waals surface area (Å²) >= 11 is 0. The Hall–Kier alpha value is -6.88. The number of rotatable bonds is 6. The van der Waals surface area contributed by atoms with Crippen LogP contribution in [-0.4, -0.2) is 19.6 Å². The van der Waals surface area contributed by atoms with Gasteiger partial charge in [-0.3, -0.25) is 0 Å². The number of hydrogen-bond donors (Lipinski definition) is 2. The second-order valence-electron chi connectivity index (χ2n) is 8.94. The third-order valence-corrected chi connectivity index (χ3v) is 6.38. The molecule has 4 N–H and O–H groups in total. The van der Waals surface area contributed by atoms with Crippen molar-refractivity contribution in [1.29, 1.82) is 21.0 Å². The van der Waals surface area contributed by atoms with Gasteiger partial charge in [-0.15, -0.1) is 0 Å². The van der Waals surface area contributed by atoms with Crippen LogP contribution in [0.2, 0.25) is 0 Å². The molecule has 0 aliphatic heterocycles. The molecule has 0 spiro atoms. The van der Waals surface area contributed by atoms with E-state index in [0.717, 1.165) is 0 Å². The molecule has 5 rings (SSSR count). The number of hydrogen-bond acceptors (Lipinski definition) is 8. The average Bonchev–Trinajstić information content (AvgIpc) is 3.55. The van der Waals surface area contributed by atoms with Gasteiger partial charge in [-0.2, -0.15) is 31.2 Å². The molecule has 10 nitrogen and oxygen atoms in total. The second-order valence-corrected chi connectivity index (χ2v) is 8.94. The number of benzene rings is 3. The quantitative estimate of drug-likeness (QED) is 0.277. The number of aromatic nitrogens is 4. The van der Waals surface area contributed by atoms with E-state index in [-0.39, 0.29) is 45.3 Å². The van der Waals surface area contributed by atoms with Crippen LogP contribution in [0.3, 0.4) is 0 Å². The first-order chi connectivity index (χ1) is 20.5. The smallest absolute Gasteiger partial charge is 0.145 e. The molecule has 0 radical (unpaired) electrons. The molecule has 5 aromatic rings. The van der Waals surface area contributed by atoms with E-state index in [2.05, 4.69) is 34.5 Å². The third kappa shape index (κ3) is 4.95. The summed E-state index contributed by atoms with van der Waals surface area (Å²) in [5.41, 5.74) is 15.9. The van der Waals surface area contributed by atoms with E-state index in [1.807, 2.05) is 36.4 Å². The number of nitrogens with zero attached hydrogens (tertiary/aromatic N) is 8. The van der Waals surface area contributed by atoms with Crippen molar-refractivity contribution in [3.8, 4) is 35.7 Å². The molecule has 0 saturated carbocycles. The highest BCUT2D eigenvalue weighted by Gasteiger charge is 2.21. The maximum Gasteiger partial charge on any atom is 0.145 e. The highest BCUT2D eigenvalue weighted by Crippen LogP contribution is 2.29. The Morgan fingerprint density at radius 1 is 0.571 bits per heavy atom. The molecule has 0 unspecified atom stereocenters. The van der Waals surface area contributed by atoms with Gasteiger partial charge in [0.25, 0.3) is 0 Å². The van der Waals surface area contributed by atoms with Crippen molar-refractivity contribution >= 4 is 34.9 Å². The van der Waals surface area contributed by atoms with Gasteiger partial charge in [0.2, 0.25) is 0 Å². The first kappa shape index (κ1) is 26.7. The molecule has 0 amide bonds. The summed E-state index contributed by atoms with van der Waals surface area (Å²) in [6.45, 7) is 0. The van der Waals surface area contributed by atoms with Crippen LogP contribution in [0.4, 0.5) is 11.6 Å². The monoisotopic (exact) mass is 544 g/mol. The molecule has 42 heavy (non-hydrogen) atoms. The van der Waals surface area contributed by atoms with E-state index in [9.17, 15) is 21.0 Å². The van der Waals surface area contributed by atoms with Gasteiger partial charge in [0, 0.05) is 0 Å². The van der Waals surface area contributed by atoms with Gasteiger partial charge in [0.05, 0.1) is 22.5 Å². The lowest BCUT2D eigenvalue weighted by Crippen LogP contribution is -2.02. The summed E-state index contributed by atoms with van der Waals surface area (Å²) in [5.74, 6) is 0.271. The number of nitriles is 4. The van der Waals surface area contributed by atoms with Crippen LogP contribution >= 0.6 is 0 Å². The van der Waals surface area contributed by atoms with E-state index in [1.165, 1.54) is 9.36 Å². The van der Waals surface area contributed by atoms with Crippen molar-refractivity contribution < 1.29 is 0 Å². The number of anilines is 2. The lowest BCUT2D eigenvalue weighted by Gasteiger charge is -2.02. The van der Waals surface area contributed by atoms with Gasteiger partial charge in [0.1, 0.15) is 58.4 Å². The largest absolute Gasteiger partial charge is 0.382 e. The average molecular weight is 545 g/mol. The summed E-state index contributed by atoms with van der Waals surface area (Å²) in [6, 6.07) is 33.5. The summed E-state index contributed by atoms with van der Waals surface area (Å²) in [7, 11) is 0. The number of para-hydroxylation sites is 2. The van der Waals surface area contributed by atoms with Crippen LogP contribution in [0, 0.1) is 45.3 Å². The van der Waals surface area contributed by atoms with Crippen molar-refractivity contribution in [1.82, 2.24) is 19.6 Å². The Morgan fingerprint density at radius 2 is 0.929 bits per heavy atom.